The summed E-state index contributed by atoms with van der Waals surface area (Å²) in [5, 5.41) is 0.264. The van der Waals surface area contributed by atoms with Crippen molar-refractivity contribution in [1.29, 1.82) is 0 Å². The van der Waals surface area contributed by atoms with Crippen molar-refractivity contribution in [2.45, 2.75) is 0 Å². The summed E-state index contributed by atoms with van der Waals surface area (Å²) >= 11 is 6.30. The van der Waals surface area contributed by atoms with E-state index in [2.05, 4.69) is 0 Å². The predicted octanol–water partition coefficient (Wildman–Crippen LogP) is 5.97. The largest absolute Gasteiger partial charge is 0.496 e. The Balaban J connectivity index is 2.43. The summed E-state index contributed by atoms with van der Waals surface area (Å²) in [5.41, 5.74) is 0.833. The maximum Gasteiger partial charge on any atom is 0.132 e. The lowest BCUT2D eigenvalue weighted by Crippen LogP contribution is -1.99. The SMILES string of the molecule is COc1ccccc1-c1c(F)ccc(F)c1-c1c(Cl)cccc1OC. The molecule has 2 nitrogen and oxygen atoms in total. The monoisotopic (exact) mass is 360 g/mol. The number of para-hydroxylation sites is 1. The Hall–Kier alpha value is -2.59. The zero-order valence-corrected chi connectivity index (χ0v) is 14.4. The zero-order valence-electron chi connectivity index (χ0n) is 13.6. The van der Waals surface area contributed by atoms with E-state index in [0.717, 1.165) is 12.1 Å². The van der Waals surface area contributed by atoms with E-state index in [1.807, 2.05) is 0 Å². The van der Waals surface area contributed by atoms with Gasteiger partial charge in [0.1, 0.15) is 23.1 Å². The van der Waals surface area contributed by atoms with Gasteiger partial charge in [-0.1, -0.05) is 35.9 Å². The van der Waals surface area contributed by atoms with E-state index in [1.54, 1.807) is 42.5 Å². The van der Waals surface area contributed by atoms with Gasteiger partial charge in [-0.25, -0.2) is 8.78 Å². The van der Waals surface area contributed by atoms with Gasteiger partial charge in [0.05, 0.1) is 19.2 Å². The van der Waals surface area contributed by atoms with Crippen LogP contribution < -0.4 is 9.47 Å². The van der Waals surface area contributed by atoms with Gasteiger partial charge in [-0.05, 0) is 30.3 Å². The van der Waals surface area contributed by atoms with Crippen molar-refractivity contribution in [2.75, 3.05) is 14.2 Å². The molecule has 0 aliphatic heterocycles. The number of methoxy groups -OCH3 is 2. The summed E-state index contributed by atoms with van der Waals surface area (Å²) in [6.07, 6.45) is 0. The van der Waals surface area contributed by atoms with Crippen LogP contribution in [-0.4, -0.2) is 14.2 Å². The molecule has 0 bridgehead atoms. The third-order valence-corrected chi connectivity index (χ3v) is 4.24. The lowest BCUT2D eigenvalue weighted by atomic mass is 9.92. The van der Waals surface area contributed by atoms with E-state index in [-0.39, 0.29) is 16.1 Å². The lowest BCUT2D eigenvalue weighted by molar-refractivity contribution is 0.415. The smallest absolute Gasteiger partial charge is 0.132 e. The summed E-state index contributed by atoms with van der Waals surface area (Å²) in [6.45, 7) is 0. The maximum absolute atomic E-state index is 14.8. The quantitative estimate of drug-likeness (QED) is 0.570. The van der Waals surface area contributed by atoms with Crippen LogP contribution in [0.3, 0.4) is 0 Å². The first-order chi connectivity index (χ1) is 12.1. The fourth-order valence-electron chi connectivity index (χ4n) is 2.83. The first kappa shape index (κ1) is 17.2. The van der Waals surface area contributed by atoms with Crippen LogP contribution in [-0.2, 0) is 0 Å². The molecule has 0 saturated carbocycles. The minimum atomic E-state index is -0.603. The predicted molar refractivity (Wildman–Crippen MR) is 95.3 cm³/mol. The number of hydrogen-bond donors (Lipinski definition) is 0. The minimum absolute atomic E-state index is 0.0342. The maximum atomic E-state index is 14.8. The molecular weight excluding hydrogens is 346 g/mol. The first-order valence-electron chi connectivity index (χ1n) is 7.52. The van der Waals surface area contributed by atoms with Gasteiger partial charge in [0.2, 0.25) is 0 Å². The van der Waals surface area contributed by atoms with Crippen molar-refractivity contribution in [1.82, 2.24) is 0 Å². The summed E-state index contributed by atoms with van der Waals surface area (Å²) in [6, 6.07) is 14.0. The second-order valence-electron chi connectivity index (χ2n) is 5.30. The van der Waals surface area contributed by atoms with Crippen LogP contribution in [0.4, 0.5) is 8.78 Å². The van der Waals surface area contributed by atoms with Gasteiger partial charge < -0.3 is 9.47 Å². The van der Waals surface area contributed by atoms with Crippen molar-refractivity contribution in [3.8, 4) is 33.8 Å². The van der Waals surface area contributed by atoms with Gasteiger partial charge in [-0.2, -0.15) is 0 Å². The molecule has 0 spiro atoms. The van der Waals surface area contributed by atoms with Crippen LogP contribution in [0.1, 0.15) is 0 Å². The first-order valence-corrected chi connectivity index (χ1v) is 7.90. The Morgan fingerprint density at radius 1 is 0.680 bits per heavy atom. The Morgan fingerprint density at radius 2 is 1.28 bits per heavy atom. The molecule has 0 unspecified atom stereocenters. The molecule has 0 N–H and O–H groups in total. The van der Waals surface area contributed by atoms with Gasteiger partial charge in [0.25, 0.3) is 0 Å². The molecule has 3 rings (SSSR count). The number of hydrogen-bond acceptors (Lipinski definition) is 2. The van der Waals surface area contributed by atoms with Crippen LogP contribution in [0.5, 0.6) is 11.5 Å². The molecule has 25 heavy (non-hydrogen) atoms. The van der Waals surface area contributed by atoms with Crippen molar-refractivity contribution < 1.29 is 18.3 Å². The van der Waals surface area contributed by atoms with Crippen molar-refractivity contribution >= 4 is 11.6 Å². The van der Waals surface area contributed by atoms with Crippen LogP contribution in [0.15, 0.2) is 54.6 Å². The van der Waals surface area contributed by atoms with Gasteiger partial charge >= 0.3 is 0 Å². The average Bonchev–Trinajstić information content (AvgIpc) is 2.63. The molecule has 5 heteroatoms. The topological polar surface area (TPSA) is 18.5 Å². The van der Waals surface area contributed by atoms with E-state index < -0.39 is 11.6 Å². The molecule has 0 amide bonds. The molecule has 0 fully saturated rings. The van der Waals surface area contributed by atoms with Gasteiger partial charge in [0, 0.05) is 22.3 Å². The molecule has 0 heterocycles. The third kappa shape index (κ3) is 3.05. The molecule has 0 aliphatic rings. The number of halogens is 3. The van der Waals surface area contributed by atoms with Crippen molar-refractivity contribution in [3.05, 3.63) is 71.3 Å². The van der Waals surface area contributed by atoms with Crippen LogP contribution in [0.2, 0.25) is 5.02 Å². The van der Waals surface area contributed by atoms with Crippen LogP contribution in [0, 0.1) is 11.6 Å². The van der Waals surface area contributed by atoms with E-state index in [0.29, 0.717) is 22.6 Å². The molecule has 0 radical (unpaired) electrons. The molecule has 3 aromatic rings. The number of benzene rings is 3. The molecule has 0 aliphatic carbocycles. The minimum Gasteiger partial charge on any atom is -0.496 e. The van der Waals surface area contributed by atoms with E-state index in [9.17, 15) is 8.78 Å². The summed E-state index contributed by atoms with van der Waals surface area (Å²) in [5.74, 6) is -0.399. The third-order valence-electron chi connectivity index (χ3n) is 3.93. The van der Waals surface area contributed by atoms with Gasteiger partial charge in [-0.3, -0.25) is 0 Å². The molecule has 3 aromatic carbocycles. The van der Waals surface area contributed by atoms with Crippen molar-refractivity contribution in [2.24, 2.45) is 0 Å². The van der Waals surface area contributed by atoms with E-state index >= 15 is 0 Å². The highest BCUT2D eigenvalue weighted by molar-refractivity contribution is 6.34. The fourth-order valence-corrected chi connectivity index (χ4v) is 3.09. The lowest BCUT2D eigenvalue weighted by Gasteiger charge is -2.18. The summed E-state index contributed by atoms with van der Waals surface area (Å²) < 4.78 is 40.2. The Kier molecular flexibility index (Phi) is 4.91. The van der Waals surface area contributed by atoms with Gasteiger partial charge in [-0.15, -0.1) is 0 Å². The van der Waals surface area contributed by atoms with Gasteiger partial charge in [0.15, 0.2) is 0 Å². The number of rotatable bonds is 4. The Morgan fingerprint density at radius 3 is 1.96 bits per heavy atom. The van der Waals surface area contributed by atoms with Crippen LogP contribution in [0.25, 0.3) is 22.3 Å². The second-order valence-corrected chi connectivity index (χ2v) is 5.70. The molecule has 0 aromatic heterocycles. The second kappa shape index (κ2) is 7.11. The summed E-state index contributed by atoms with van der Waals surface area (Å²) in [7, 11) is 2.93. The highest BCUT2D eigenvalue weighted by atomic mass is 35.5. The normalized spacial score (nSPS) is 10.6. The molecule has 128 valence electrons. The fraction of sp³-hybridized carbons (Fsp3) is 0.100. The average molecular weight is 361 g/mol. The Labute approximate surface area is 149 Å². The molecule has 0 saturated heterocycles. The van der Waals surface area contributed by atoms with E-state index in [4.69, 9.17) is 21.1 Å². The standard InChI is InChI=1S/C20H15ClF2O2/c1-24-16-8-4-3-6-12(16)18-14(22)10-11-15(23)20(18)19-13(21)7-5-9-17(19)25-2/h3-11H,1-2H3. The highest BCUT2D eigenvalue weighted by Crippen LogP contribution is 2.45. The Bertz CT molecular complexity index is 926. The number of ether oxygens (including phenoxy) is 2. The molecule has 0 atom stereocenters. The summed E-state index contributed by atoms with van der Waals surface area (Å²) in [4.78, 5) is 0. The van der Waals surface area contributed by atoms with Crippen molar-refractivity contribution in [3.63, 3.8) is 0 Å². The molecular formula is C20H15ClF2O2. The van der Waals surface area contributed by atoms with Crippen LogP contribution >= 0.6 is 11.6 Å². The zero-order chi connectivity index (χ0) is 18.0. The highest BCUT2D eigenvalue weighted by Gasteiger charge is 2.24. The van der Waals surface area contributed by atoms with E-state index in [1.165, 1.54) is 14.2 Å².